The zero-order chi connectivity index (χ0) is 44.4. The van der Waals surface area contributed by atoms with E-state index in [9.17, 15) is 0 Å². The van der Waals surface area contributed by atoms with Crippen LogP contribution < -0.4 is 20.6 Å². The molecule has 2 heterocycles. The van der Waals surface area contributed by atoms with Gasteiger partial charge in [-0.15, -0.1) is 0 Å². The maximum atomic E-state index is 2.73. The van der Waals surface area contributed by atoms with Gasteiger partial charge in [0, 0.05) is 44.8 Å². The molecule has 0 fully saturated rings. The van der Waals surface area contributed by atoms with E-state index in [-0.39, 0.29) is 28.5 Å². The van der Waals surface area contributed by atoms with E-state index in [4.69, 9.17) is 0 Å². The summed E-state index contributed by atoms with van der Waals surface area (Å²) in [5.41, 5.74) is 26.3. The summed E-state index contributed by atoms with van der Waals surface area (Å²) >= 11 is 0. The first-order valence-electron chi connectivity index (χ1n) is 23.4. The number of hydrogen-bond acceptors (Lipinski definition) is 2. The summed E-state index contributed by atoms with van der Waals surface area (Å²) < 4.78 is 0. The third-order valence-electron chi connectivity index (χ3n) is 15.6. The largest absolute Gasteiger partial charge is 0.376 e. The predicted molar refractivity (Wildman–Crippen MR) is 275 cm³/mol. The molecule has 64 heavy (non-hydrogen) atoms. The molecule has 0 radical (unpaired) electrons. The van der Waals surface area contributed by atoms with E-state index >= 15 is 0 Å². The first-order valence-corrected chi connectivity index (χ1v) is 23.4. The summed E-state index contributed by atoms with van der Waals surface area (Å²) in [4.78, 5) is 5.44. The quantitative estimate of drug-likeness (QED) is 0.160. The summed E-state index contributed by atoms with van der Waals surface area (Å²) in [7, 11) is 0. The average Bonchev–Trinajstić information content (AvgIpc) is 3.63. The lowest BCUT2D eigenvalue weighted by molar-refractivity contribution is 0.589. The maximum Gasteiger partial charge on any atom is 0.333 e. The highest BCUT2D eigenvalue weighted by Crippen LogP contribution is 2.59. The van der Waals surface area contributed by atoms with E-state index in [0.717, 1.165) is 0 Å². The van der Waals surface area contributed by atoms with Crippen LogP contribution >= 0.6 is 0 Å². The van der Waals surface area contributed by atoms with E-state index in [0.29, 0.717) is 0 Å². The molecule has 314 valence electrons. The monoisotopic (exact) mass is 828 g/mol. The zero-order valence-electron chi connectivity index (χ0n) is 39.3. The van der Waals surface area contributed by atoms with Crippen molar-refractivity contribution in [3.05, 3.63) is 185 Å². The molecule has 0 bridgehead atoms. The first kappa shape index (κ1) is 39.3. The molecule has 2 nitrogen and oxygen atoms in total. The molecule has 0 saturated heterocycles. The van der Waals surface area contributed by atoms with Crippen molar-refractivity contribution >= 4 is 57.0 Å². The van der Waals surface area contributed by atoms with Crippen LogP contribution in [0.5, 0.6) is 0 Å². The van der Waals surface area contributed by atoms with Crippen molar-refractivity contribution in [3.63, 3.8) is 0 Å². The number of rotatable bonds is 2. The topological polar surface area (TPSA) is 6.48 Å². The number of aryl methyl sites for hydroxylation is 1. The lowest BCUT2D eigenvalue weighted by Gasteiger charge is -2.48. The van der Waals surface area contributed by atoms with Gasteiger partial charge in [0.25, 0.3) is 0 Å². The van der Waals surface area contributed by atoms with E-state index in [1.807, 2.05) is 0 Å². The second kappa shape index (κ2) is 12.9. The smallest absolute Gasteiger partial charge is 0.333 e. The second-order valence-corrected chi connectivity index (χ2v) is 22.3. The number of hydrogen-bond donors (Lipinski definition) is 0. The average molecular weight is 829 g/mol. The van der Waals surface area contributed by atoms with Gasteiger partial charge >= 0.3 is 6.85 Å². The number of fused-ring (bicyclic) bond motifs is 12. The van der Waals surface area contributed by atoms with Crippen LogP contribution in [0.25, 0.3) is 44.2 Å². The highest BCUT2D eigenvalue weighted by Gasteiger charge is 2.51. The standard InChI is InChI=1S/C61H57BN2/c1-36-30-40(59(5,6)7)26-29-52(36)63-54-35-50-44(42-20-14-16-22-48(42)60(50,8)9)34-51(54)62-56-47(33-46-43-21-15-17-23-49(43)61(10,11)55(46)57(56)63)45-31-37-18-12-13-19-38(37)32-53(45)64(62)41-27-24-39(25-28-41)58(2,3)4/h12-35H,1-11H3. The summed E-state index contributed by atoms with van der Waals surface area (Å²) in [6, 6.07) is 56.8. The summed E-state index contributed by atoms with van der Waals surface area (Å²) in [5.74, 6) is 0. The fourth-order valence-electron chi connectivity index (χ4n) is 12.2. The van der Waals surface area contributed by atoms with Gasteiger partial charge in [-0.25, -0.2) is 0 Å². The van der Waals surface area contributed by atoms with Crippen LogP contribution in [0.3, 0.4) is 0 Å². The highest BCUT2D eigenvalue weighted by molar-refractivity contribution is 6.93. The number of anilines is 5. The fraction of sp³-hybridized carbons (Fsp3) is 0.246. The van der Waals surface area contributed by atoms with Crippen LogP contribution in [0.15, 0.2) is 146 Å². The van der Waals surface area contributed by atoms with Crippen molar-refractivity contribution in [2.75, 3.05) is 9.71 Å². The van der Waals surface area contributed by atoms with Crippen molar-refractivity contribution in [1.82, 2.24) is 0 Å². The van der Waals surface area contributed by atoms with Gasteiger partial charge in [-0.3, -0.25) is 0 Å². The molecule has 0 aromatic heterocycles. The molecule has 3 heteroatoms. The Morgan fingerprint density at radius 2 is 1.05 bits per heavy atom. The molecule has 0 saturated carbocycles. The van der Waals surface area contributed by atoms with E-state index < -0.39 is 0 Å². The van der Waals surface area contributed by atoms with Crippen molar-refractivity contribution < 1.29 is 0 Å². The molecule has 2 aliphatic heterocycles. The molecule has 0 N–H and O–H groups in total. The van der Waals surface area contributed by atoms with E-state index in [2.05, 4.69) is 231 Å². The summed E-state index contributed by atoms with van der Waals surface area (Å²) in [5, 5.41) is 2.52. The van der Waals surface area contributed by atoms with Crippen LogP contribution in [-0.2, 0) is 21.7 Å². The Kier molecular flexibility index (Phi) is 7.93. The second-order valence-electron chi connectivity index (χ2n) is 22.3. The molecular weight excluding hydrogens is 771 g/mol. The zero-order valence-corrected chi connectivity index (χ0v) is 39.3. The van der Waals surface area contributed by atoms with Gasteiger partial charge in [0.1, 0.15) is 0 Å². The van der Waals surface area contributed by atoms with Gasteiger partial charge in [-0.2, -0.15) is 0 Å². The van der Waals surface area contributed by atoms with Gasteiger partial charge in [-0.05, 0) is 149 Å². The Hall–Kier alpha value is -6.32. The van der Waals surface area contributed by atoms with E-state index in [1.54, 1.807) is 0 Å². The van der Waals surface area contributed by atoms with E-state index in [1.165, 1.54) is 122 Å². The number of benzene rings is 8. The molecule has 2 aliphatic carbocycles. The molecule has 8 aromatic carbocycles. The molecule has 4 aliphatic rings. The van der Waals surface area contributed by atoms with Crippen molar-refractivity contribution in [2.45, 2.75) is 97.8 Å². The SMILES string of the molecule is Cc1cc(C(C)(C)C)ccc1N1c2cc3c(cc2B2c4c(cc5c(c41)C(C)(C)c1ccccc1-5)-c1cc4ccccc4cc1N2c1ccc(C(C)(C)C)cc1)-c1ccccc1C3(C)C. The molecular formula is C61H57BN2. The predicted octanol–water partition coefficient (Wildman–Crippen LogP) is 15.1. The molecule has 0 atom stereocenters. The Labute approximate surface area is 380 Å². The molecule has 0 amide bonds. The number of nitrogens with zero attached hydrogens (tertiary/aromatic N) is 2. The molecule has 0 spiro atoms. The van der Waals surface area contributed by atoms with Crippen LogP contribution in [-0.4, -0.2) is 6.85 Å². The molecule has 0 unspecified atom stereocenters. The lowest BCUT2D eigenvalue weighted by Crippen LogP contribution is -2.62. The van der Waals surface area contributed by atoms with Crippen LogP contribution in [0.2, 0.25) is 0 Å². The van der Waals surface area contributed by atoms with Crippen LogP contribution in [0.4, 0.5) is 28.4 Å². The Bertz CT molecular complexity index is 3320. The Morgan fingerprint density at radius 1 is 0.453 bits per heavy atom. The van der Waals surface area contributed by atoms with Crippen LogP contribution in [0.1, 0.15) is 108 Å². The molecule has 12 rings (SSSR count). The Balaban J connectivity index is 1.27. The van der Waals surface area contributed by atoms with Gasteiger partial charge in [-0.1, -0.05) is 172 Å². The lowest BCUT2D eigenvalue weighted by atomic mass is 9.42. The van der Waals surface area contributed by atoms with Crippen molar-refractivity contribution in [1.29, 1.82) is 0 Å². The molecule has 8 aromatic rings. The Morgan fingerprint density at radius 3 is 1.70 bits per heavy atom. The van der Waals surface area contributed by atoms with Gasteiger partial charge < -0.3 is 9.71 Å². The minimum absolute atomic E-state index is 0.0249. The summed E-state index contributed by atoms with van der Waals surface area (Å²) in [6.07, 6.45) is 0. The fourth-order valence-corrected chi connectivity index (χ4v) is 12.2. The van der Waals surface area contributed by atoms with Crippen LogP contribution in [0, 0.1) is 6.92 Å². The first-order chi connectivity index (χ1) is 30.4. The third kappa shape index (κ3) is 5.27. The summed E-state index contributed by atoms with van der Waals surface area (Å²) in [6.45, 7) is 25.9. The van der Waals surface area contributed by atoms with Gasteiger partial charge in [0.05, 0.1) is 0 Å². The van der Waals surface area contributed by atoms with Crippen molar-refractivity contribution in [2.24, 2.45) is 0 Å². The highest BCUT2D eigenvalue weighted by atomic mass is 15.2. The van der Waals surface area contributed by atoms with Crippen molar-refractivity contribution in [3.8, 4) is 33.4 Å². The minimum atomic E-state index is -0.259. The van der Waals surface area contributed by atoms with Gasteiger partial charge in [0.15, 0.2) is 0 Å². The maximum absolute atomic E-state index is 2.73. The van der Waals surface area contributed by atoms with Gasteiger partial charge in [0.2, 0.25) is 0 Å². The third-order valence-corrected chi connectivity index (χ3v) is 15.6. The normalized spacial score (nSPS) is 15.9. The minimum Gasteiger partial charge on any atom is -0.376 e.